The summed E-state index contributed by atoms with van der Waals surface area (Å²) in [6.45, 7) is 5.25. The smallest absolute Gasteiger partial charge is 0.165 e. The van der Waals surface area contributed by atoms with E-state index in [1.807, 2.05) is 0 Å². The number of halogens is 2. The van der Waals surface area contributed by atoms with Gasteiger partial charge in [-0.2, -0.15) is 0 Å². The summed E-state index contributed by atoms with van der Waals surface area (Å²) in [5.74, 6) is 0.817. The van der Waals surface area contributed by atoms with Gasteiger partial charge in [-0.3, -0.25) is 4.79 Å². The predicted molar refractivity (Wildman–Crippen MR) is 75.6 cm³/mol. The summed E-state index contributed by atoms with van der Waals surface area (Å²) in [6.07, 6.45) is 1.74. The number of rotatable bonds is 4. The Morgan fingerprint density at radius 2 is 2.22 bits per heavy atom. The molecule has 0 radical (unpaired) electrons. The third kappa shape index (κ3) is 3.25. The Kier molecular flexibility index (Phi) is 4.66. The highest BCUT2D eigenvalue weighted by Crippen LogP contribution is 2.26. The molecule has 0 aliphatic carbocycles. The molecule has 1 unspecified atom stereocenters. The number of ketones is 1. The Hall–Kier alpha value is -0.570. The number of carbonyl (C=O) groups excluding carboxylic acids is 1. The first kappa shape index (κ1) is 13.9. The van der Waals surface area contributed by atoms with Gasteiger partial charge in [0, 0.05) is 25.1 Å². The number of hydrogen-bond donors (Lipinski definition) is 0. The van der Waals surface area contributed by atoms with Crippen molar-refractivity contribution >= 4 is 29.0 Å². The maximum absolute atomic E-state index is 12.1. The van der Waals surface area contributed by atoms with Gasteiger partial charge in [0.1, 0.15) is 0 Å². The van der Waals surface area contributed by atoms with Crippen molar-refractivity contribution in [3.8, 4) is 0 Å². The van der Waals surface area contributed by atoms with E-state index in [0.717, 1.165) is 25.6 Å². The van der Waals surface area contributed by atoms with Crippen LogP contribution in [0.1, 0.15) is 30.1 Å². The molecule has 1 atom stereocenters. The highest BCUT2D eigenvalue weighted by Gasteiger charge is 2.20. The fourth-order valence-corrected chi connectivity index (χ4v) is 2.75. The summed E-state index contributed by atoms with van der Waals surface area (Å²) >= 11 is 11.9. The van der Waals surface area contributed by atoms with Crippen LogP contribution < -0.4 is 0 Å². The van der Waals surface area contributed by atoms with Crippen LogP contribution in [0.15, 0.2) is 18.2 Å². The zero-order valence-corrected chi connectivity index (χ0v) is 12.0. The van der Waals surface area contributed by atoms with E-state index in [1.54, 1.807) is 18.2 Å². The monoisotopic (exact) mass is 285 g/mol. The van der Waals surface area contributed by atoms with Crippen LogP contribution in [0, 0.1) is 5.92 Å². The van der Waals surface area contributed by atoms with E-state index >= 15 is 0 Å². The van der Waals surface area contributed by atoms with Crippen LogP contribution >= 0.6 is 23.2 Å². The molecule has 1 saturated heterocycles. The first-order chi connectivity index (χ1) is 8.58. The third-order valence-corrected chi connectivity index (χ3v) is 4.23. The van der Waals surface area contributed by atoms with E-state index in [2.05, 4.69) is 11.8 Å². The highest BCUT2D eigenvalue weighted by molar-refractivity contribution is 6.43. The van der Waals surface area contributed by atoms with Gasteiger partial charge in [0.2, 0.25) is 0 Å². The third-order valence-electron chi connectivity index (χ3n) is 3.42. The van der Waals surface area contributed by atoms with E-state index in [-0.39, 0.29) is 5.78 Å². The van der Waals surface area contributed by atoms with Crippen molar-refractivity contribution in [2.75, 3.05) is 19.6 Å². The number of benzene rings is 1. The summed E-state index contributed by atoms with van der Waals surface area (Å²) in [7, 11) is 0. The van der Waals surface area contributed by atoms with Crippen molar-refractivity contribution in [3.05, 3.63) is 33.8 Å². The van der Waals surface area contributed by atoms with Gasteiger partial charge in [-0.25, -0.2) is 0 Å². The summed E-state index contributed by atoms with van der Waals surface area (Å²) in [6, 6.07) is 5.20. The Balaban J connectivity index is 1.94. The Morgan fingerprint density at radius 3 is 2.89 bits per heavy atom. The molecule has 0 N–H and O–H groups in total. The number of likely N-dealkylation sites (tertiary alicyclic amines) is 1. The van der Waals surface area contributed by atoms with Gasteiger partial charge in [0.05, 0.1) is 10.0 Å². The lowest BCUT2D eigenvalue weighted by Gasteiger charge is -2.14. The Labute approximate surface area is 118 Å². The number of hydrogen-bond acceptors (Lipinski definition) is 2. The molecule has 0 spiro atoms. The van der Waals surface area contributed by atoms with Crippen LogP contribution in [-0.2, 0) is 0 Å². The van der Waals surface area contributed by atoms with Gasteiger partial charge in [0.25, 0.3) is 0 Å². The fraction of sp³-hybridized carbons (Fsp3) is 0.500. The highest BCUT2D eigenvalue weighted by atomic mass is 35.5. The number of carbonyl (C=O) groups is 1. The molecule has 1 heterocycles. The second-order valence-electron chi connectivity index (χ2n) is 4.97. The molecular weight excluding hydrogens is 269 g/mol. The SMILES string of the molecule is CC1CCN(CCC(=O)c2cccc(Cl)c2Cl)C1. The second-order valence-corrected chi connectivity index (χ2v) is 5.75. The lowest BCUT2D eigenvalue weighted by Crippen LogP contribution is -2.23. The van der Waals surface area contributed by atoms with Crippen LogP contribution in [0.25, 0.3) is 0 Å². The Morgan fingerprint density at radius 1 is 1.44 bits per heavy atom. The van der Waals surface area contributed by atoms with Gasteiger partial charge < -0.3 is 4.90 Å². The van der Waals surface area contributed by atoms with E-state index in [0.29, 0.717) is 22.0 Å². The molecule has 1 fully saturated rings. The van der Waals surface area contributed by atoms with Crippen LogP contribution in [0.2, 0.25) is 10.0 Å². The largest absolute Gasteiger partial charge is 0.303 e. The molecule has 1 aliphatic rings. The van der Waals surface area contributed by atoms with Crippen molar-refractivity contribution in [1.82, 2.24) is 4.90 Å². The van der Waals surface area contributed by atoms with Crippen molar-refractivity contribution in [3.63, 3.8) is 0 Å². The first-order valence-corrected chi connectivity index (χ1v) is 7.03. The summed E-state index contributed by atoms with van der Waals surface area (Å²) < 4.78 is 0. The van der Waals surface area contributed by atoms with Crippen LogP contribution in [0.5, 0.6) is 0 Å². The van der Waals surface area contributed by atoms with E-state index in [1.165, 1.54) is 6.42 Å². The van der Waals surface area contributed by atoms with Gasteiger partial charge in [-0.1, -0.05) is 36.2 Å². The molecule has 0 saturated carbocycles. The van der Waals surface area contributed by atoms with Crippen molar-refractivity contribution in [2.45, 2.75) is 19.8 Å². The topological polar surface area (TPSA) is 20.3 Å². The number of nitrogens with zero attached hydrogens (tertiary/aromatic N) is 1. The fourth-order valence-electron chi connectivity index (χ4n) is 2.34. The van der Waals surface area contributed by atoms with Crippen LogP contribution in [0.4, 0.5) is 0 Å². The molecule has 1 aromatic rings. The molecule has 0 aromatic heterocycles. The van der Waals surface area contributed by atoms with E-state index in [4.69, 9.17) is 23.2 Å². The minimum atomic E-state index is 0.0713. The molecule has 0 bridgehead atoms. The molecule has 1 aromatic carbocycles. The molecule has 2 nitrogen and oxygen atoms in total. The average Bonchev–Trinajstić information content (AvgIpc) is 2.76. The molecular formula is C14H17Cl2NO. The van der Waals surface area contributed by atoms with Crippen LogP contribution in [-0.4, -0.2) is 30.3 Å². The van der Waals surface area contributed by atoms with Gasteiger partial charge in [0.15, 0.2) is 5.78 Å². The maximum Gasteiger partial charge on any atom is 0.165 e. The Bertz CT molecular complexity index is 447. The molecule has 98 valence electrons. The lowest BCUT2D eigenvalue weighted by atomic mass is 10.1. The molecule has 0 amide bonds. The molecule has 1 aliphatic heterocycles. The van der Waals surface area contributed by atoms with Crippen molar-refractivity contribution in [2.24, 2.45) is 5.92 Å². The quantitative estimate of drug-likeness (QED) is 0.782. The van der Waals surface area contributed by atoms with E-state index in [9.17, 15) is 4.79 Å². The van der Waals surface area contributed by atoms with E-state index < -0.39 is 0 Å². The minimum Gasteiger partial charge on any atom is -0.303 e. The second kappa shape index (κ2) is 6.05. The van der Waals surface area contributed by atoms with Gasteiger partial charge in [-0.05, 0) is 31.0 Å². The molecule has 18 heavy (non-hydrogen) atoms. The van der Waals surface area contributed by atoms with Crippen molar-refractivity contribution in [1.29, 1.82) is 0 Å². The predicted octanol–water partition coefficient (Wildman–Crippen LogP) is 3.91. The average molecular weight is 286 g/mol. The first-order valence-electron chi connectivity index (χ1n) is 6.27. The number of Topliss-reactive ketones (excluding diaryl/α,β-unsaturated/α-hetero) is 1. The summed E-state index contributed by atoms with van der Waals surface area (Å²) in [5.41, 5.74) is 0.538. The molecule has 2 rings (SSSR count). The zero-order chi connectivity index (χ0) is 13.1. The summed E-state index contributed by atoms with van der Waals surface area (Å²) in [4.78, 5) is 14.4. The standard InChI is InChI=1S/C14H17Cl2NO/c1-10-5-7-17(9-10)8-6-13(18)11-3-2-4-12(15)14(11)16/h2-4,10H,5-9H2,1H3. The van der Waals surface area contributed by atoms with Gasteiger partial charge >= 0.3 is 0 Å². The van der Waals surface area contributed by atoms with Gasteiger partial charge in [-0.15, -0.1) is 0 Å². The lowest BCUT2D eigenvalue weighted by molar-refractivity contribution is 0.0968. The van der Waals surface area contributed by atoms with Crippen molar-refractivity contribution < 1.29 is 4.79 Å². The van der Waals surface area contributed by atoms with Crippen LogP contribution in [0.3, 0.4) is 0 Å². The normalized spacial score (nSPS) is 20.3. The zero-order valence-electron chi connectivity index (χ0n) is 10.5. The maximum atomic E-state index is 12.1. The minimum absolute atomic E-state index is 0.0713. The molecule has 4 heteroatoms. The summed E-state index contributed by atoms with van der Waals surface area (Å²) in [5, 5.41) is 0.816.